The lowest BCUT2D eigenvalue weighted by Gasteiger charge is -2.10. The Hall–Kier alpha value is -2.89. The molecule has 144 valence electrons. The lowest BCUT2D eigenvalue weighted by molar-refractivity contribution is -0.134. The lowest BCUT2D eigenvalue weighted by Crippen LogP contribution is -2.19. The van der Waals surface area contributed by atoms with E-state index in [-0.39, 0.29) is 11.6 Å². The zero-order valence-corrected chi connectivity index (χ0v) is 14.6. The number of aromatic nitrogens is 4. The van der Waals surface area contributed by atoms with Gasteiger partial charge in [0.25, 0.3) is 0 Å². The zero-order valence-electron chi connectivity index (χ0n) is 13.8. The van der Waals surface area contributed by atoms with Gasteiger partial charge in [-0.15, -0.1) is 5.10 Å². The molecule has 27 heavy (non-hydrogen) atoms. The van der Waals surface area contributed by atoms with Gasteiger partial charge in [0.15, 0.2) is 5.65 Å². The van der Waals surface area contributed by atoms with Crippen molar-refractivity contribution in [2.75, 3.05) is 16.2 Å². The first-order chi connectivity index (χ1) is 12.6. The van der Waals surface area contributed by atoms with E-state index in [2.05, 4.69) is 19.8 Å². The first-order valence-electron chi connectivity index (χ1n) is 7.76. The van der Waals surface area contributed by atoms with Crippen molar-refractivity contribution in [3.05, 3.63) is 36.8 Å². The standard InChI is InChI=1S/C15H15F3N6O2S/c16-15(17,18)4-1-5-27(25,26)23-12-6-11(7-20-8-12)10-2-3-13-21-14(19)22-24(13)9-10/h2-3,6-9,23H,1,4-5H2,(H2,19,22). The van der Waals surface area contributed by atoms with Crippen molar-refractivity contribution in [3.63, 3.8) is 0 Å². The van der Waals surface area contributed by atoms with Crippen LogP contribution in [-0.2, 0) is 10.0 Å². The third-order valence-corrected chi connectivity index (χ3v) is 4.94. The SMILES string of the molecule is Nc1nc2ccc(-c3cncc(NS(=O)(=O)CCCC(F)(F)F)c3)cn2n1. The van der Waals surface area contributed by atoms with E-state index in [1.54, 1.807) is 18.3 Å². The number of sulfonamides is 1. The number of halogens is 3. The van der Waals surface area contributed by atoms with Crippen LogP contribution in [0.1, 0.15) is 12.8 Å². The lowest BCUT2D eigenvalue weighted by atomic mass is 10.1. The third kappa shape index (κ3) is 5.06. The fourth-order valence-corrected chi connectivity index (χ4v) is 3.52. The zero-order chi connectivity index (χ0) is 19.7. The van der Waals surface area contributed by atoms with Crippen LogP contribution in [0.25, 0.3) is 16.8 Å². The van der Waals surface area contributed by atoms with Gasteiger partial charge in [-0.2, -0.15) is 18.2 Å². The molecule has 3 N–H and O–H groups in total. The van der Waals surface area contributed by atoms with Crippen LogP contribution in [0.5, 0.6) is 0 Å². The van der Waals surface area contributed by atoms with Gasteiger partial charge >= 0.3 is 6.18 Å². The second-order valence-electron chi connectivity index (χ2n) is 5.79. The van der Waals surface area contributed by atoms with Crippen LogP contribution in [0.15, 0.2) is 36.8 Å². The maximum atomic E-state index is 12.2. The van der Waals surface area contributed by atoms with Gasteiger partial charge in [0.2, 0.25) is 16.0 Å². The molecule has 0 saturated carbocycles. The number of fused-ring (bicyclic) bond motifs is 1. The normalized spacial score (nSPS) is 12.4. The summed E-state index contributed by atoms with van der Waals surface area (Å²) in [6, 6.07) is 4.95. The Labute approximate surface area is 152 Å². The van der Waals surface area contributed by atoms with Gasteiger partial charge in [-0.1, -0.05) is 0 Å². The van der Waals surface area contributed by atoms with Gasteiger partial charge in [0.1, 0.15) is 0 Å². The number of nitrogens with zero attached hydrogens (tertiary/aromatic N) is 4. The summed E-state index contributed by atoms with van der Waals surface area (Å²) in [5.74, 6) is -0.522. The number of hydrogen-bond acceptors (Lipinski definition) is 6. The van der Waals surface area contributed by atoms with Crippen molar-refractivity contribution in [1.82, 2.24) is 19.6 Å². The second-order valence-corrected chi connectivity index (χ2v) is 7.63. The molecule has 0 unspecified atom stereocenters. The molecule has 0 fully saturated rings. The Kier molecular flexibility index (Phi) is 4.91. The minimum absolute atomic E-state index is 0.116. The summed E-state index contributed by atoms with van der Waals surface area (Å²) in [5, 5.41) is 3.99. The molecule has 3 rings (SSSR count). The Morgan fingerprint density at radius 3 is 2.70 bits per heavy atom. The van der Waals surface area contributed by atoms with E-state index < -0.39 is 34.8 Å². The summed E-state index contributed by atoms with van der Waals surface area (Å²) in [5.41, 5.74) is 7.50. The molecule has 3 heterocycles. The fraction of sp³-hybridized carbons (Fsp3) is 0.267. The summed E-state index contributed by atoms with van der Waals surface area (Å²) >= 11 is 0. The molecule has 0 atom stereocenters. The highest BCUT2D eigenvalue weighted by atomic mass is 32.2. The van der Waals surface area contributed by atoms with Crippen LogP contribution in [0, 0.1) is 0 Å². The van der Waals surface area contributed by atoms with Gasteiger partial charge in [-0.3, -0.25) is 9.71 Å². The average Bonchev–Trinajstić information content (AvgIpc) is 2.92. The summed E-state index contributed by atoms with van der Waals surface area (Å²) in [6.45, 7) is 0. The summed E-state index contributed by atoms with van der Waals surface area (Å²) in [6.07, 6.45) is -1.62. The third-order valence-electron chi connectivity index (χ3n) is 3.57. The Bertz CT molecular complexity index is 1060. The fourth-order valence-electron chi connectivity index (χ4n) is 2.42. The highest BCUT2D eigenvalue weighted by Gasteiger charge is 2.27. The van der Waals surface area contributed by atoms with Crippen molar-refractivity contribution in [1.29, 1.82) is 0 Å². The minimum atomic E-state index is -4.39. The number of pyridine rings is 2. The average molecular weight is 400 g/mol. The molecule has 0 aromatic carbocycles. The predicted octanol–water partition coefficient (Wildman–Crippen LogP) is 2.46. The molecule has 0 aliphatic carbocycles. The molecular weight excluding hydrogens is 385 g/mol. The number of nitrogen functional groups attached to an aromatic ring is 1. The number of rotatable bonds is 6. The van der Waals surface area contributed by atoms with E-state index in [1.807, 2.05) is 0 Å². The van der Waals surface area contributed by atoms with Crippen LogP contribution in [0.4, 0.5) is 24.8 Å². The summed E-state index contributed by atoms with van der Waals surface area (Å²) < 4.78 is 64.2. The van der Waals surface area contributed by atoms with E-state index in [0.717, 1.165) is 0 Å². The summed E-state index contributed by atoms with van der Waals surface area (Å²) in [4.78, 5) is 7.98. The summed E-state index contributed by atoms with van der Waals surface area (Å²) in [7, 11) is -3.92. The van der Waals surface area contributed by atoms with Crippen LogP contribution in [0.3, 0.4) is 0 Å². The molecular formula is C15H15F3N6O2S. The van der Waals surface area contributed by atoms with Gasteiger partial charge in [0, 0.05) is 29.9 Å². The van der Waals surface area contributed by atoms with E-state index in [1.165, 1.54) is 23.0 Å². The molecule has 0 spiro atoms. The molecule has 12 heteroatoms. The maximum Gasteiger partial charge on any atom is 0.389 e. The first kappa shape index (κ1) is 18.9. The number of anilines is 2. The maximum absolute atomic E-state index is 12.2. The highest BCUT2D eigenvalue weighted by Crippen LogP contribution is 2.24. The van der Waals surface area contributed by atoms with Gasteiger partial charge in [-0.05, 0) is 24.6 Å². The van der Waals surface area contributed by atoms with Crippen LogP contribution in [-0.4, -0.2) is 39.9 Å². The van der Waals surface area contributed by atoms with Crippen molar-refractivity contribution in [2.24, 2.45) is 0 Å². The number of alkyl halides is 3. The van der Waals surface area contributed by atoms with Crippen molar-refractivity contribution >= 4 is 27.3 Å². The van der Waals surface area contributed by atoms with Crippen LogP contribution in [0.2, 0.25) is 0 Å². The molecule has 0 saturated heterocycles. The van der Waals surface area contributed by atoms with E-state index in [9.17, 15) is 21.6 Å². The molecule has 0 aliphatic rings. The Morgan fingerprint density at radius 2 is 1.96 bits per heavy atom. The van der Waals surface area contributed by atoms with E-state index in [4.69, 9.17) is 5.73 Å². The van der Waals surface area contributed by atoms with Crippen LogP contribution >= 0.6 is 0 Å². The quantitative estimate of drug-likeness (QED) is 0.657. The monoisotopic (exact) mass is 400 g/mol. The molecule has 0 radical (unpaired) electrons. The van der Waals surface area contributed by atoms with Crippen LogP contribution < -0.4 is 10.5 Å². The molecule has 3 aromatic heterocycles. The predicted molar refractivity (Wildman–Crippen MR) is 93.3 cm³/mol. The number of nitrogens with two attached hydrogens (primary N) is 1. The molecule has 0 amide bonds. The van der Waals surface area contributed by atoms with Crippen molar-refractivity contribution in [2.45, 2.75) is 19.0 Å². The second kappa shape index (κ2) is 7.02. The first-order valence-corrected chi connectivity index (χ1v) is 9.41. The van der Waals surface area contributed by atoms with Gasteiger partial charge in [-0.25, -0.2) is 12.9 Å². The van der Waals surface area contributed by atoms with Crippen molar-refractivity contribution < 1.29 is 21.6 Å². The van der Waals surface area contributed by atoms with Gasteiger partial charge in [0.05, 0.1) is 17.6 Å². The Balaban J connectivity index is 1.76. The Morgan fingerprint density at radius 1 is 1.19 bits per heavy atom. The molecule has 3 aromatic rings. The topological polar surface area (TPSA) is 115 Å². The molecule has 0 bridgehead atoms. The molecule has 8 nitrogen and oxygen atoms in total. The highest BCUT2D eigenvalue weighted by molar-refractivity contribution is 7.92. The largest absolute Gasteiger partial charge is 0.389 e. The van der Waals surface area contributed by atoms with Gasteiger partial charge < -0.3 is 5.73 Å². The molecule has 0 aliphatic heterocycles. The van der Waals surface area contributed by atoms with E-state index in [0.29, 0.717) is 16.8 Å². The van der Waals surface area contributed by atoms with Crippen molar-refractivity contribution in [3.8, 4) is 11.1 Å². The van der Waals surface area contributed by atoms with E-state index >= 15 is 0 Å². The number of hydrogen-bond donors (Lipinski definition) is 2. The smallest absolute Gasteiger partial charge is 0.366 e. The minimum Gasteiger partial charge on any atom is -0.366 e. The number of nitrogens with one attached hydrogen (secondary N) is 1.